The van der Waals surface area contributed by atoms with Gasteiger partial charge in [0.2, 0.25) is 11.8 Å². The number of hydrogen-bond donors (Lipinski definition) is 3. The van der Waals surface area contributed by atoms with E-state index in [0.29, 0.717) is 6.54 Å². The number of benzene rings is 3. The van der Waals surface area contributed by atoms with Crippen LogP contribution in [0.2, 0.25) is 0 Å². The summed E-state index contributed by atoms with van der Waals surface area (Å²) in [5.41, 5.74) is 2.85. The molecule has 8 heteroatoms. The average Bonchev–Trinajstić information content (AvgIpc) is 2.98. The molecule has 0 fully saturated rings. The molecular formula is C37H52BrN3O2S2. The number of nitrogens with one attached hydrogen (secondary N) is 3. The Morgan fingerprint density at radius 3 is 1.51 bits per heavy atom. The minimum Gasteiger partial charge on any atom is -0.325 e. The van der Waals surface area contributed by atoms with Crippen molar-refractivity contribution in [1.29, 1.82) is 0 Å². The summed E-state index contributed by atoms with van der Waals surface area (Å²) in [5.74, 6) is -0.0423. The van der Waals surface area contributed by atoms with Crippen LogP contribution in [0, 0.1) is 0 Å². The lowest BCUT2D eigenvalue weighted by Crippen LogP contribution is -2.37. The first kappa shape index (κ1) is 38.9. The molecule has 0 aromatic heterocycles. The number of amides is 2. The second-order valence-electron chi connectivity index (χ2n) is 12.5. The Kier molecular flexibility index (Phi) is 16.8. The summed E-state index contributed by atoms with van der Waals surface area (Å²) in [6.07, 6.45) is 4.75. The van der Waals surface area contributed by atoms with E-state index in [2.05, 4.69) is 97.7 Å². The first-order chi connectivity index (χ1) is 21.2. The van der Waals surface area contributed by atoms with Gasteiger partial charge in [0.05, 0.1) is 10.9 Å². The summed E-state index contributed by atoms with van der Waals surface area (Å²) < 4.78 is 0.485. The number of hydrogen-bond acceptors (Lipinski definition) is 5. The van der Waals surface area contributed by atoms with E-state index >= 15 is 0 Å². The highest BCUT2D eigenvalue weighted by Gasteiger charge is 2.19. The van der Waals surface area contributed by atoms with Crippen LogP contribution in [0.3, 0.4) is 0 Å². The van der Waals surface area contributed by atoms with E-state index in [9.17, 15) is 9.59 Å². The summed E-state index contributed by atoms with van der Waals surface area (Å²) in [6.45, 7) is 17.9. The van der Waals surface area contributed by atoms with E-state index in [1.165, 1.54) is 41.0 Å². The van der Waals surface area contributed by atoms with Gasteiger partial charge in [0.1, 0.15) is 0 Å². The lowest BCUT2D eigenvalue weighted by Gasteiger charge is -2.23. The lowest BCUT2D eigenvalue weighted by atomic mass is 10.1. The predicted molar refractivity (Wildman–Crippen MR) is 201 cm³/mol. The number of alkyl halides is 1. The van der Waals surface area contributed by atoms with Gasteiger partial charge in [-0.05, 0) is 80.8 Å². The molecule has 0 heterocycles. The monoisotopic (exact) mass is 713 g/mol. The Balaban J connectivity index is 0.000000330. The Morgan fingerprint density at radius 1 is 0.689 bits per heavy atom. The van der Waals surface area contributed by atoms with Crippen LogP contribution in [0.25, 0.3) is 0 Å². The maximum Gasteiger partial charge on any atom is 0.241 e. The van der Waals surface area contributed by atoms with Crippen LogP contribution in [0.1, 0.15) is 86.6 Å². The molecule has 3 aromatic rings. The van der Waals surface area contributed by atoms with Gasteiger partial charge in [0, 0.05) is 37.2 Å². The highest BCUT2D eigenvalue weighted by molar-refractivity contribution is 9.10. The van der Waals surface area contributed by atoms with Crippen molar-refractivity contribution >= 4 is 62.6 Å². The summed E-state index contributed by atoms with van der Waals surface area (Å²) in [5, 5.41) is 9.10. The molecule has 2 atom stereocenters. The van der Waals surface area contributed by atoms with Crippen LogP contribution in [-0.4, -0.2) is 32.2 Å². The quantitative estimate of drug-likeness (QED) is 0.108. The molecular weight excluding hydrogens is 662 g/mol. The first-order valence-corrected chi connectivity index (χ1v) is 18.4. The molecule has 0 saturated carbocycles. The van der Waals surface area contributed by atoms with Crippen molar-refractivity contribution in [3.8, 4) is 0 Å². The number of anilines is 2. The molecule has 5 nitrogen and oxygen atoms in total. The maximum absolute atomic E-state index is 12.4. The van der Waals surface area contributed by atoms with Gasteiger partial charge in [0.25, 0.3) is 0 Å². The molecule has 0 radical (unpaired) electrons. The zero-order valence-electron chi connectivity index (χ0n) is 28.2. The van der Waals surface area contributed by atoms with Crippen LogP contribution in [0.4, 0.5) is 11.4 Å². The van der Waals surface area contributed by atoms with Crippen LogP contribution in [0.15, 0.2) is 88.7 Å². The van der Waals surface area contributed by atoms with Gasteiger partial charge >= 0.3 is 0 Å². The number of rotatable bonds is 15. The standard InChI is InChI=1S/C22H30N2OS.C15H22BrNOS/c1-5-15-22(3,4)26-20-13-11-19(12-14-20)24-21(25)17(2)23-16-18-9-7-6-8-10-18;1-5-10-15(3,4)19-13-8-6-12(7-9-13)17-14(18)11(2)16/h6-14,17,23H,5,15-16H2,1-4H3,(H,24,25);6-9,11H,5,10H2,1-4H3,(H,17,18). The van der Waals surface area contributed by atoms with Gasteiger partial charge in [-0.3, -0.25) is 9.59 Å². The SMILES string of the molecule is CCCC(C)(C)Sc1ccc(NC(=O)C(C)Br)cc1.CCCC(C)(C)Sc1ccc(NC(=O)C(C)NCc2ccccc2)cc1. The van der Waals surface area contributed by atoms with Gasteiger partial charge in [0.15, 0.2) is 0 Å². The van der Waals surface area contributed by atoms with Crippen molar-refractivity contribution in [3.63, 3.8) is 0 Å². The Hall–Kier alpha value is -2.26. The summed E-state index contributed by atoms with van der Waals surface area (Å²) in [7, 11) is 0. The molecule has 3 rings (SSSR count). The molecule has 0 aliphatic rings. The molecule has 0 spiro atoms. The first-order valence-electron chi connectivity index (χ1n) is 15.8. The molecule has 2 amide bonds. The van der Waals surface area contributed by atoms with Crippen molar-refractivity contribution in [2.45, 2.75) is 118 Å². The van der Waals surface area contributed by atoms with Gasteiger partial charge < -0.3 is 16.0 Å². The molecule has 0 saturated heterocycles. The second kappa shape index (κ2) is 19.4. The predicted octanol–water partition coefficient (Wildman–Crippen LogP) is 10.6. The van der Waals surface area contributed by atoms with Gasteiger partial charge in [-0.15, -0.1) is 23.5 Å². The fourth-order valence-electron chi connectivity index (χ4n) is 4.61. The van der Waals surface area contributed by atoms with Crippen LogP contribution < -0.4 is 16.0 Å². The minimum atomic E-state index is -0.257. The van der Waals surface area contributed by atoms with Crippen LogP contribution >= 0.6 is 39.5 Å². The zero-order chi connectivity index (χ0) is 33.5. The molecule has 3 aromatic carbocycles. The van der Waals surface area contributed by atoms with E-state index < -0.39 is 0 Å². The Bertz CT molecular complexity index is 1300. The summed E-state index contributed by atoms with van der Waals surface area (Å²) in [6, 6.07) is 26.0. The van der Waals surface area contributed by atoms with E-state index in [0.717, 1.165) is 11.4 Å². The third kappa shape index (κ3) is 15.7. The van der Waals surface area contributed by atoms with E-state index in [1.807, 2.05) is 92.0 Å². The van der Waals surface area contributed by atoms with Crippen molar-refractivity contribution in [2.24, 2.45) is 0 Å². The van der Waals surface area contributed by atoms with E-state index in [4.69, 9.17) is 0 Å². The summed E-state index contributed by atoms with van der Waals surface area (Å²) in [4.78, 5) is 26.2. The molecule has 0 bridgehead atoms. The van der Waals surface area contributed by atoms with Crippen LogP contribution in [-0.2, 0) is 16.1 Å². The maximum atomic E-state index is 12.4. The fraction of sp³-hybridized carbons (Fsp3) is 0.459. The Labute approximate surface area is 289 Å². The molecule has 45 heavy (non-hydrogen) atoms. The third-order valence-corrected chi connectivity index (χ3v) is 9.89. The topological polar surface area (TPSA) is 70.2 Å². The van der Waals surface area contributed by atoms with Gasteiger partial charge in [-0.2, -0.15) is 0 Å². The minimum absolute atomic E-state index is 0.0207. The average molecular weight is 715 g/mol. The fourth-order valence-corrected chi connectivity index (χ4v) is 7.16. The molecule has 0 aliphatic heterocycles. The van der Waals surface area contributed by atoms with Crippen molar-refractivity contribution < 1.29 is 9.59 Å². The number of thioether (sulfide) groups is 2. The lowest BCUT2D eigenvalue weighted by molar-refractivity contribution is -0.118. The zero-order valence-corrected chi connectivity index (χ0v) is 31.4. The van der Waals surface area contributed by atoms with E-state index in [-0.39, 0.29) is 32.2 Å². The third-order valence-electron chi connectivity index (χ3n) is 6.95. The normalized spacial score (nSPS) is 12.8. The van der Waals surface area contributed by atoms with Crippen molar-refractivity contribution in [2.75, 3.05) is 10.6 Å². The summed E-state index contributed by atoms with van der Waals surface area (Å²) >= 11 is 7.02. The highest BCUT2D eigenvalue weighted by Crippen LogP contribution is 2.37. The molecule has 2 unspecified atom stereocenters. The largest absolute Gasteiger partial charge is 0.325 e. The Morgan fingerprint density at radius 2 is 1.11 bits per heavy atom. The molecule has 0 aliphatic carbocycles. The van der Waals surface area contributed by atoms with Gasteiger partial charge in [-0.1, -0.05) is 101 Å². The van der Waals surface area contributed by atoms with Crippen molar-refractivity contribution in [3.05, 3.63) is 84.4 Å². The number of carbonyl (C=O) groups is 2. The number of halogens is 1. The number of carbonyl (C=O) groups excluding carboxylic acids is 2. The molecule has 246 valence electrons. The highest BCUT2D eigenvalue weighted by atomic mass is 79.9. The van der Waals surface area contributed by atoms with E-state index in [1.54, 1.807) is 0 Å². The second-order valence-corrected chi connectivity index (χ2v) is 17.4. The van der Waals surface area contributed by atoms with Crippen molar-refractivity contribution in [1.82, 2.24) is 5.32 Å². The smallest absolute Gasteiger partial charge is 0.241 e. The van der Waals surface area contributed by atoms with Crippen LogP contribution in [0.5, 0.6) is 0 Å². The molecule has 3 N–H and O–H groups in total. The van der Waals surface area contributed by atoms with Gasteiger partial charge in [-0.25, -0.2) is 0 Å².